The molecule has 0 bridgehead atoms. The number of hydrogen-bond donors (Lipinski definition) is 1. The van der Waals surface area contributed by atoms with Crippen molar-refractivity contribution >= 4 is 41.1 Å². The fourth-order valence-electron chi connectivity index (χ4n) is 2.76. The maximum atomic E-state index is 12.8. The molecule has 1 heterocycles. The quantitative estimate of drug-likeness (QED) is 0.296. The lowest BCUT2D eigenvalue weighted by Gasteiger charge is -2.06. The number of H-pyrrole nitrogens is 1. The second-order valence-electron chi connectivity index (χ2n) is 6.68. The Balaban J connectivity index is 1.86. The topological polar surface area (TPSA) is 76.4 Å². The molecule has 0 aliphatic rings. The van der Waals surface area contributed by atoms with E-state index in [1.54, 1.807) is 49.4 Å². The highest BCUT2D eigenvalue weighted by molar-refractivity contribution is 6.33. The number of aromatic amines is 1. The summed E-state index contributed by atoms with van der Waals surface area (Å²) in [6, 6.07) is 11.7. The molecule has 1 N–H and O–H groups in total. The first-order valence-electron chi connectivity index (χ1n) is 9.49. The number of aliphatic imine (C=N–C) groups is 1. The monoisotopic (exact) mass is 445 g/mol. The van der Waals surface area contributed by atoms with Crippen LogP contribution in [0.2, 0.25) is 10.0 Å². The van der Waals surface area contributed by atoms with Crippen molar-refractivity contribution in [1.29, 1.82) is 0 Å². The first kappa shape index (κ1) is 21.9. The van der Waals surface area contributed by atoms with Gasteiger partial charge in [-0.25, -0.2) is 9.48 Å². The Hall–Kier alpha value is -2.83. The Morgan fingerprint density at radius 1 is 1.20 bits per heavy atom. The van der Waals surface area contributed by atoms with Crippen molar-refractivity contribution in [2.45, 2.75) is 26.7 Å². The third-order valence-corrected chi connectivity index (χ3v) is 5.03. The molecule has 1 aromatic heterocycles. The molecule has 30 heavy (non-hydrogen) atoms. The number of aromatic nitrogens is 2. The average molecular weight is 446 g/mol. The number of nitrogens with one attached hydrogen (secondary N) is 1. The standard InChI is InChI=1S/C22H21Cl2N3O3/c1-3-4-11-30-22(29)18-12-16(7-10-20(18)24)25-13-19-14(2)26-27(21(19)28)17-8-5-15(23)6-9-17/h5-10,12-13,26H,3-4,11H2,1-2H3. The molecule has 0 fully saturated rings. The minimum atomic E-state index is -0.492. The zero-order valence-electron chi connectivity index (χ0n) is 16.6. The fourth-order valence-corrected chi connectivity index (χ4v) is 3.08. The Morgan fingerprint density at radius 2 is 1.93 bits per heavy atom. The van der Waals surface area contributed by atoms with Gasteiger partial charge >= 0.3 is 5.97 Å². The Bertz CT molecular complexity index is 1130. The van der Waals surface area contributed by atoms with E-state index >= 15 is 0 Å². The van der Waals surface area contributed by atoms with Gasteiger partial charge in [-0.05, 0) is 55.8 Å². The van der Waals surface area contributed by atoms with Gasteiger partial charge in [-0.15, -0.1) is 0 Å². The summed E-state index contributed by atoms with van der Waals surface area (Å²) in [5.74, 6) is -0.492. The van der Waals surface area contributed by atoms with Gasteiger partial charge in [0.2, 0.25) is 0 Å². The van der Waals surface area contributed by atoms with Gasteiger partial charge in [0.15, 0.2) is 0 Å². The van der Waals surface area contributed by atoms with Crippen LogP contribution in [0.4, 0.5) is 5.69 Å². The second kappa shape index (κ2) is 9.78. The molecule has 0 spiro atoms. The number of aryl methyl sites for hydroxylation is 1. The van der Waals surface area contributed by atoms with Crippen LogP contribution in [-0.2, 0) is 4.74 Å². The molecule has 2 aromatic carbocycles. The molecule has 0 atom stereocenters. The van der Waals surface area contributed by atoms with Gasteiger partial charge in [0.25, 0.3) is 5.56 Å². The first-order valence-corrected chi connectivity index (χ1v) is 10.2. The molecule has 0 saturated heterocycles. The summed E-state index contributed by atoms with van der Waals surface area (Å²) in [5, 5.41) is 3.90. The van der Waals surface area contributed by atoms with Gasteiger partial charge in [-0.2, -0.15) is 0 Å². The number of ether oxygens (including phenoxy) is 1. The zero-order chi connectivity index (χ0) is 21.7. The van der Waals surface area contributed by atoms with Crippen molar-refractivity contribution in [3.05, 3.63) is 79.7 Å². The summed E-state index contributed by atoms with van der Waals surface area (Å²) in [7, 11) is 0. The lowest BCUT2D eigenvalue weighted by molar-refractivity contribution is 0.0500. The number of carbonyl (C=O) groups is 1. The lowest BCUT2D eigenvalue weighted by Crippen LogP contribution is -2.17. The number of carbonyl (C=O) groups excluding carboxylic acids is 1. The molecular formula is C22H21Cl2N3O3. The molecule has 0 aliphatic heterocycles. The third-order valence-electron chi connectivity index (χ3n) is 4.45. The molecule has 0 amide bonds. The summed E-state index contributed by atoms with van der Waals surface area (Å²) < 4.78 is 6.65. The molecular weight excluding hydrogens is 425 g/mol. The number of unbranched alkanes of at least 4 members (excludes halogenated alkanes) is 1. The summed E-state index contributed by atoms with van der Waals surface area (Å²) in [6.45, 7) is 4.14. The number of halogens is 2. The normalized spacial score (nSPS) is 11.2. The largest absolute Gasteiger partial charge is 0.462 e. The van der Waals surface area contributed by atoms with E-state index in [1.165, 1.54) is 10.9 Å². The molecule has 6 nitrogen and oxygen atoms in total. The summed E-state index contributed by atoms with van der Waals surface area (Å²) >= 11 is 12.0. The summed E-state index contributed by atoms with van der Waals surface area (Å²) in [5.41, 5.74) is 2.22. The van der Waals surface area contributed by atoms with Crippen molar-refractivity contribution in [1.82, 2.24) is 9.78 Å². The van der Waals surface area contributed by atoms with Crippen molar-refractivity contribution in [3.8, 4) is 5.69 Å². The molecule has 8 heteroatoms. The van der Waals surface area contributed by atoms with Crippen LogP contribution >= 0.6 is 23.2 Å². The smallest absolute Gasteiger partial charge is 0.339 e. The predicted molar refractivity (Wildman–Crippen MR) is 120 cm³/mol. The van der Waals surface area contributed by atoms with E-state index in [1.807, 2.05) is 6.92 Å². The molecule has 0 radical (unpaired) electrons. The van der Waals surface area contributed by atoms with Gasteiger partial charge in [0.1, 0.15) is 0 Å². The van der Waals surface area contributed by atoms with Gasteiger partial charge in [0.05, 0.1) is 34.1 Å². The van der Waals surface area contributed by atoms with Crippen molar-refractivity contribution in [2.24, 2.45) is 4.99 Å². The van der Waals surface area contributed by atoms with Crippen LogP contribution in [0.1, 0.15) is 41.4 Å². The maximum Gasteiger partial charge on any atom is 0.339 e. The van der Waals surface area contributed by atoms with Crippen LogP contribution in [-0.4, -0.2) is 28.6 Å². The van der Waals surface area contributed by atoms with Crippen LogP contribution in [0.3, 0.4) is 0 Å². The minimum absolute atomic E-state index is 0.242. The van der Waals surface area contributed by atoms with Crippen LogP contribution in [0.25, 0.3) is 5.69 Å². The number of rotatable bonds is 7. The van der Waals surface area contributed by atoms with Gasteiger partial charge in [0, 0.05) is 16.9 Å². The SMILES string of the molecule is CCCCOC(=O)c1cc(N=Cc2c(C)[nH]n(-c3ccc(Cl)cc3)c2=O)ccc1Cl. The van der Waals surface area contributed by atoms with Crippen LogP contribution in [0.15, 0.2) is 52.3 Å². The number of esters is 1. The van der Waals surface area contributed by atoms with E-state index in [-0.39, 0.29) is 11.1 Å². The number of nitrogens with zero attached hydrogens (tertiary/aromatic N) is 2. The maximum absolute atomic E-state index is 12.8. The van der Waals surface area contributed by atoms with Crippen LogP contribution in [0, 0.1) is 6.92 Å². The van der Waals surface area contributed by atoms with Crippen LogP contribution < -0.4 is 5.56 Å². The first-order chi connectivity index (χ1) is 14.4. The summed E-state index contributed by atoms with van der Waals surface area (Å²) in [4.78, 5) is 29.4. The van der Waals surface area contributed by atoms with Gasteiger partial charge in [-0.1, -0.05) is 36.5 Å². The Labute approximate surface area is 184 Å². The Morgan fingerprint density at radius 3 is 2.63 bits per heavy atom. The van der Waals surface area contributed by atoms with Crippen molar-refractivity contribution in [3.63, 3.8) is 0 Å². The van der Waals surface area contributed by atoms with Crippen molar-refractivity contribution in [2.75, 3.05) is 6.61 Å². The van der Waals surface area contributed by atoms with Gasteiger partial charge in [-0.3, -0.25) is 14.9 Å². The predicted octanol–water partition coefficient (Wildman–Crippen LogP) is 5.49. The van der Waals surface area contributed by atoms with E-state index < -0.39 is 5.97 Å². The highest BCUT2D eigenvalue weighted by Gasteiger charge is 2.14. The van der Waals surface area contributed by atoms with Gasteiger partial charge < -0.3 is 4.74 Å². The molecule has 0 unspecified atom stereocenters. The molecule has 156 valence electrons. The fraction of sp³-hybridized carbons (Fsp3) is 0.227. The number of benzene rings is 2. The van der Waals surface area contributed by atoms with Crippen molar-refractivity contribution < 1.29 is 9.53 Å². The van der Waals surface area contributed by atoms with E-state index in [9.17, 15) is 9.59 Å². The minimum Gasteiger partial charge on any atom is -0.462 e. The van der Waals surface area contributed by atoms with E-state index in [2.05, 4.69) is 10.1 Å². The third kappa shape index (κ3) is 5.01. The van der Waals surface area contributed by atoms with E-state index in [0.29, 0.717) is 39.3 Å². The lowest BCUT2D eigenvalue weighted by atomic mass is 10.2. The number of hydrogen-bond acceptors (Lipinski definition) is 4. The molecule has 0 aliphatic carbocycles. The zero-order valence-corrected chi connectivity index (χ0v) is 18.1. The molecule has 0 saturated carbocycles. The highest BCUT2D eigenvalue weighted by atomic mass is 35.5. The summed E-state index contributed by atoms with van der Waals surface area (Å²) in [6.07, 6.45) is 3.18. The van der Waals surface area contributed by atoms with E-state index in [4.69, 9.17) is 27.9 Å². The van der Waals surface area contributed by atoms with E-state index in [0.717, 1.165) is 12.8 Å². The highest BCUT2D eigenvalue weighted by Crippen LogP contribution is 2.23. The van der Waals surface area contributed by atoms with Crippen LogP contribution in [0.5, 0.6) is 0 Å². The Kier molecular flexibility index (Phi) is 7.13. The molecule has 3 aromatic rings. The molecule has 3 rings (SSSR count). The second-order valence-corrected chi connectivity index (χ2v) is 7.52. The average Bonchev–Trinajstić information content (AvgIpc) is 3.01.